The van der Waals surface area contributed by atoms with E-state index < -0.39 is 0 Å². The maximum Gasteiger partial charge on any atom is 0.246 e. The Labute approximate surface area is 126 Å². The van der Waals surface area contributed by atoms with E-state index in [0.717, 1.165) is 44.5 Å². The minimum atomic E-state index is -0.197. The summed E-state index contributed by atoms with van der Waals surface area (Å²) >= 11 is 1.71. The summed E-state index contributed by atoms with van der Waals surface area (Å²) in [7, 11) is 0. The summed E-state index contributed by atoms with van der Waals surface area (Å²) in [6.07, 6.45) is 7.27. The van der Waals surface area contributed by atoms with E-state index in [1.54, 1.807) is 11.8 Å². The standard InChI is InChI=1S/C15H26N2O2S/c1-2-3-4-5-8-14(18)17-12-20-11-13(17)15(19)16-9-6-7-10-16/h13H,2-12H2,1H3/t13-/m0/s1. The SMILES string of the molecule is CCCCCCC(=O)N1CSC[C@H]1C(=O)N1CCCC1. The lowest BCUT2D eigenvalue weighted by Gasteiger charge is -2.27. The van der Waals surface area contributed by atoms with Crippen LogP contribution in [0, 0.1) is 0 Å². The van der Waals surface area contributed by atoms with Gasteiger partial charge in [-0.15, -0.1) is 11.8 Å². The van der Waals surface area contributed by atoms with Crippen LogP contribution in [0.25, 0.3) is 0 Å². The number of hydrogen-bond donors (Lipinski definition) is 0. The highest BCUT2D eigenvalue weighted by atomic mass is 32.2. The first-order chi connectivity index (χ1) is 9.74. The first-order valence-corrected chi connectivity index (χ1v) is 9.05. The number of nitrogens with zero attached hydrogens (tertiary/aromatic N) is 2. The molecule has 0 unspecified atom stereocenters. The lowest BCUT2D eigenvalue weighted by molar-refractivity contribution is -0.142. The molecule has 0 saturated carbocycles. The van der Waals surface area contributed by atoms with Crippen LogP contribution in [0.4, 0.5) is 0 Å². The van der Waals surface area contributed by atoms with E-state index in [1.165, 1.54) is 12.8 Å². The van der Waals surface area contributed by atoms with Crippen LogP contribution in [0.2, 0.25) is 0 Å². The number of rotatable bonds is 6. The molecular formula is C15H26N2O2S. The van der Waals surface area contributed by atoms with Crippen LogP contribution in [-0.4, -0.2) is 52.4 Å². The normalized spacial score (nSPS) is 22.6. The minimum absolute atomic E-state index is 0.170. The summed E-state index contributed by atoms with van der Waals surface area (Å²) < 4.78 is 0. The third kappa shape index (κ3) is 3.90. The molecule has 0 aromatic heterocycles. The van der Waals surface area contributed by atoms with Gasteiger partial charge in [-0.05, 0) is 19.3 Å². The van der Waals surface area contributed by atoms with E-state index in [9.17, 15) is 9.59 Å². The summed E-state index contributed by atoms with van der Waals surface area (Å²) in [6.45, 7) is 3.92. The van der Waals surface area contributed by atoms with Crippen LogP contribution in [0.5, 0.6) is 0 Å². The number of carbonyl (C=O) groups excluding carboxylic acids is 2. The Hall–Kier alpha value is -0.710. The fourth-order valence-electron chi connectivity index (χ4n) is 2.89. The second-order valence-electron chi connectivity index (χ2n) is 5.72. The molecule has 20 heavy (non-hydrogen) atoms. The van der Waals surface area contributed by atoms with Gasteiger partial charge in [-0.2, -0.15) is 0 Å². The van der Waals surface area contributed by atoms with Crippen LogP contribution < -0.4 is 0 Å². The van der Waals surface area contributed by atoms with Crippen molar-refractivity contribution in [3.8, 4) is 0 Å². The summed E-state index contributed by atoms with van der Waals surface area (Å²) in [6, 6.07) is -0.197. The van der Waals surface area contributed by atoms with E-state index in [-0.39, 0.29) is 17.9 Å². The first-order valence-electron chi connectivity index (χ1n) is 7.90. The van der Waals surface area contributed by atoms with Gasteiger partial charge in [0, 0.05) is 25.3 Å². The smallest absolute Gasteiger partial charge is 0.246 e. The van der Waals surface area contributed by atoms with Crippen molar-refractivity contribution in [1.29, 1.82) is 0 Å². The van der Waals surface area contributed by atoms with Crippen LogP contribution in [0.1, 0.15) is 51.9 Å². The Bertz CT molecular complexity index is 343. The zero-order chi connectivity index (χ0) is 14.4. The lowest BCUT2D eigenvalue weighted by Crippen LogP contribution is -2.48. The highest BCUT2D eigenvalue weighted by Crippen LogP contribution is 2.25. The van der Waals surface area contributed by atoms with E-state index in [4.69, 9.17) is 0 Å². The minimum Gasteiger partial charge on any atom is -0.341 e. The molecule has 0 aliphatic carbocycles. The molecule has 2 fully saturated rings. The van der Waals surface area contributed by atoms with Gasteiger partial charge < -0.3 is 9.80 Å². The maximum absolute atomic E-state index is 12.5. The van der Waals surface area contributed by atoms with Crippen LogP contribution >= 0.6 is 11.8 Å². The summed E-state index contributed by atoms with van der Waals surface area (Å²) in [5.74, 6) is 1.81. The second kappa shape index (κ2) is 7.91. The summed E-state index contributed by atoms with van der Waals surface area (Å²) in [4.78, 5) is 28.5. The van der Waals surface area contributed by atoms with Crippen molar-refractivity contribution in [3.05, 3.63) is 0 Å². The molecule has 0 N–H and O–H groups in total. The zero-order valence-corrected chi connectivity index (χ0v) is 13.3. The van der Waals surface area contributed by atoms with Crippen molar-refractivity contribution < 1.29 is 9.59 Å². The van der Waals surface area contributed by atoms with E-state index in [1.807, 2.05) is 9.80 Å². The molecule has 0 radical (unpaired) electrons. The molecule has 2 heterocycles. The third-order valence-corrected chi connectivity index (χ3v) is 5.16. The molecule has 2 saturated heterocycles. The molecule has 2 amide bonds. The van der Waals surface area contributed by atoms with E-state index in [2.05, 4.69) is 6.92 Å². The van der Waals surface area contributed by atoms with E-state index >= 15 is 0 Å². The van der Waals surface area contributed by atoms with Gasteiger partial charge in [0.25, 0.3) is 0 Å². The van der Waals surface area contributed by atoms with Crippen molar-refractivity contribution in [3.63, 3.8) is 0 Å². The molecule has 0 aromatic rings. The van der Waals surface area contributed by atoms with Crippen LogP contribution in [0.3, 0.4) is 0 Å². The van der Waals surface area contributed by atoms with Gasteiger partial charge in [0.05, 0.1) is 5.88 Å². The van der Waals surface area contributed by atoms with Gasteiger partial charge in [0.15, 0.2) is 0 Å². The molecule has 2 aliphatic heterocycles. The van der Waals surface area contributed by atoms with Gasteiger partial charge in [0.1, 0.15) is 6.04 Å². The molecule has 2 aliphatic rings. The molecule has 5 heteroatoms. The third-order valence-electron chi connectivity index (χ3n) is 4.15. The molecule has 2 rings (SSSR count). The Morgan fingerprint density at radius 1 is 1.15 bits per heavy atom. The Kier molecular flexibility index (Phi) is 6.20. The second-order valence-corrected chi connectivity index (χ2v) is 6.72. The number of carbonyl (C=O) groups is 2. The highest BCUT2D eigenvalue weighted by molar-refractivity contribution is 7.99. The van der Waals surface area contributed by atoms with Gasteiger partial charge in [-0.25, -0.2) is 0 Å². The summed E-state index contributed by atoms with van der Waals surface area (Å²) in [5.41, 5.74) is 0. The predicted molar refractivity (Wildman–Crippen MR) is 82.5 cm³/mol. The average molecular weight is 298 g/mol. The van der Waals surface area contributed by atoms with E-state index in [0.29, 0.717) is 12.3 Å². The summed E-state index contributed by atoms with van der Waals surface area (Å²) in [5, 5.41) is 0. The number of hydrogen-bond acceptors (Lipinski definition) is 3. The average Bonchev–Trinajstić information content (AvgIpc) is 3.12. The van der Waals surface area contributed by atoms with Crippen molar-refractivity contribution in [2.24, 2.45) is 0 Å². The molecule has 1 atom stereocenters. The van der Waals surface area contributed by atoms with Crippen molar-refractivity contribution >= 4 is 23.6 Å². The number of likely N-dealkylation sites (tertiary alicyclic amines) is 1. The van der Waals surface area contributed by atoms with Gasteiger partial charge in [0.2, 0.25) is 11.8 Å². The monoisotopic (exact) mass is 298 g/mol. The van der Waals surface area contributed by atoms with Crippen molar-refractivity contribution in [2.75, 3.05) is 24.7 Å². The van der Waals surface area contributed by atoms with Crippen LogP contribution in [-0.2, 0) is 9.59 Å². The van der Waals surface area contributed by atoms with Gasteiger partial charge in [-0.1, -0.05) is 26.2 Å². The maximum atomic E-state index is 12.5. The molecule has 4 nitrogen and oxygen atoms in total. The topological polar surface area (TPSA) is 40.6 Å². The Morgan fingerprint density at radius 2 is 1.90 bits per heavy atom. The fraction of sp³-hybridized carbons (Fsp3) is 0.867. The Morgan fingerprint density at radius 3 is 2.60 bits per heavy atom. The first kappa shape index (κ1) is 15.7. The quantitative estimate of drug-likeness (QED) is 0.707. The van der Waals surface area contributed by atoms with Crippen molar-refractivity contribution in [2.45, 2.75) is 57.9 Å². The molecule has 0 bridgehead atoms. The predicted octanol–water partition coefficient (Wildman–Crippen LogP) is 2.48. The number of unbranched alkanes of at least 4 members (excludes halogenated alkanes) is 3. The highest BCUT2D eigenvalue weighted by Gasteiger charge is 2.37. The molecule has 0 aromatic carbocycles. The zero-order valence-electron chi connectivity index (χ0n) is 12.5. The van der Waals surface area contributed by atoms with Crippen molar-refractivity contribution in [1.82, 2.24) is 9.80 Å². The number of amides is 2. The fourth-order valence-corrected chi connectivity index (χ4v) is 4.06. The molecule has 0 spiro atoms. The number of thioether (sulfide) groups is 1. The molecule has 114 valence electrons. The van der Waals surface area contributed by atoms with Crippen LogP contribution in [0.15, 0.2) is 0 Å². The largest absolute Gasteiger partial charge is 0.341 e. The molecular weight excluding hydrogens is 272 g/mol. The van der Waals surface area contributed by atoms with Gasteiger partial charge >= 0.3 is 0 Å². The van der Waals surface area contributed by atoms with Gasteiger partial charge in [-0.3, -0.25) is 9.59 Å². The lowest BCUT2D eigenvalue weighted by atomic mass is 10.1. The Balaban J connectivity index is 1.83.